The van der Waals surface area contributed by atoms with Crippen molar-refractivity contribution in [3.8, 4) is 0 Å². The summed E-state index contributed by atoms with van der Waals surface area (Å²) >= 11 is 0. The maximum atomic E-state index is 11.8. The van der Waals surface area contributed by atoms with Crippen LogP contribution in [0.1, 0.15) is 59.3 Å². The molecule has 0 amide bonds. The highest BCUT2D eigenvalue weighted by Crippen LogP contribution is 2.24. The number of rotatable bonds is 15. The minimum absolute atomic E-state index is 0.0931. The molecule has 136 valence electrons. The maximum absolute atomic E-state index is 11.8. The highest BCUT2D eigenvalue weighted by atomic mass is 16.7. The monoisotopic (exact) mass is 334 g/mol. The second-order valence-corrected chi connectivity index (χ2v) is 5.32. The van der Waals surface area contributed by atoms with E-state index in [2.05, 4.69) is 0 Å². The molecule has 0 bridgehead atoms. The Labute approximate surface area is 137 Å². The third-order valence-corrected chi connectivity index (χ3v) is 3.28. The maximum Gasteiger partial charge on any atom is 0.368 e. The summed E-state index contributed by atoms with van der Waals surface area (Å²) < 4.78 is 16.1. The van der Waals surface area contributed by atoms with Crippen LogP contribution in [0.2, 0.25) is 0 Å². The molecule has 0 rings (SSSR count). The van der Waals surface area contributed by atoms with Crippen molar-refractivity contribution >= 4 is 11.9 Å². The molecule has 0 aliphatic carbocycles. The molecule has 1 atom stereocenters. The molecule has 7 nitrogen and oxygen atoms in total. The highest BCUT2D eigenvalue weighted by molar-refractivity contribution is 5.86. The Bertz CT molecular complexity index is 333. The molecule has 0 aromatic heterocycles. The van der Waals surface area contributed by atoms with Gasteiger partial charge in [0.15, 0.2) is 0 Å². The lowest BCUT2D eigenvalue weighted by Gasteiger charge is -2.34. The van der Waals surface area contributed by atoms with Crippen LogP contribution in [0.15, 0.2) is 0 Å². The predicted octanol–water partition coefficient (Wildman–Crippen LogP) is 2.67. The van der Waals surface area contributed by atoms with E-state index in [0.29, 0.717) is 19.3 Å². The number of hydrogen-bond acceptors (Lipinski definition) is 5. The van der Waals surface area contributed by atoms with E-state index in [4.69, 9.17) is 14.2 Å². The van der Waals surface area contributed by atoms with Crippen LogP contribution in [0.3, 0.4) is 0 Å². The van der Waals surface area contributed by atoms with Crippen LogP contribution in [0.25, 0.3) is 0 Å². The largest absolute Gasteiger partial charge is 0.479 e. The van der Waals surface area contributed by atoms with E-state index in [-0.39, 0.29) is 19.8 Å². The molecule has 1 unspecified atom stereocenters. The smallest absolute Gasteiger partial charge is 0.368 e. The average molecular weight is 334 g/mol. The van der Waals surface area contributed by atoms with E-state index in [1.165, 1.54) is 0 Å². The van der Waals surface area contributed by atoms with Crippen LogP contribution in [-0.4, -0.2) is 53.9 Å². The van der Waals surface area contributed by atoms with Crippen molar-refractivity contribution in [1.29, 1.82) is 0 Å². The minimum Gasteiger partial charge on any atom is -0.479 e. The summed E-state index contributed by atoms with van der Waals surface area (Å²) in [6.07, 6.45) is 2.52. The van der Waals surface area contributed by atoms with Crippen LogP contribution < -0.4 is 0 Å². The number of unbranched alkanes of at least 4 members (excludes halogenated alkanes) is 3. The molecular formula is C16H30O7. The summed E-state index contributed by atoms with van der Waals surface area (Å²) in [4.78, 5) is 23.4. The van der Waals surface area contributed by atoms with Crippen LogP contribution in [-0.2, 0) is 23.8 Å². The first-order chi connectivity index (χ1) is 11.0. The highest BCUT2D eigenvalue weighted by Gasteiger charge is 2.54. The molecule has 0 fully saturated rings. The summed E-state index contributed by atoms with van der Waals surface area (Å²) in [7, 11) is 0. The van der Waals surface area contributed by atoms with Gasteiger partial charge >= 0.3 is 17.7 Å². The van der Waals surface area contributed by atoms with E-state index in [1.54, 1.807) is 0 Å². The number of ether oxygens (including phenoxy) is 3. The molecule has 0 aliphatic rings. The van der Waals surface area contributed by atoms with Gasteiger partial charge in [0.05, 0.1) is 13.2 Å². The molecule has 7 heteroatoms. The Morgan fingerprint density at radius 2 is 1.30 bits per heavy atom. The average Bonchev–Trinajstić information content (AvgIpc) is 2.50. The van der Waals surface area contributed by atoms with Gasteiger partial charge in [-0.15, -0.1) is 0 Å². The summed E-state index contributed by atoms with van der Waals surface area (Å²) in [6, 6.07) is 0. The van der Waals surface area contributed by atoms with Gasteiger partial charge < -0.3 is 24.4 Å². The molecule has 0 aromatic rings. The number of hydrogen-bond donors (Lipinski definition) is 2. The zero-order valence-corrected chi connectivity index (χ0v) is 14.4. The van der Waals surface area contributed by atoms with Crippen molar-refractivity contribution in [1.82, 2.24) is 0 Å². The number of carbonyl (C=O) groups is 2. The molecule has 0 radical (unpaired) electrons. The van der Waals surface area contributed by atoms with Crippen LogP contribution in [0.4, 0.5) is 0 Å². The molecule has 0 aliphatic heterocycles. The zero-order chi connectivity index (χ0) is 17.7. The Balaban J connectivity index is 5.31. The van der Waals surface area contributed by atoms with Gasteiger partial charge in [0.2, 0.25) is 6.10 Å². The SMILES string of the molecule is CCCCOC(C(=O)O)C(OCCCC)(OCCCC)C(=O)O. The van der Waals surface area contributed by atoms with Crippen molar-refractivity contribution in [2.75, 3.05) is 19.8 Å². The second kappa shape index (κ2) is 12.3. The summed E-state index contributed by atoms with van der Waals surface area (Å²) in [6.45, 7) is 6.11. The first-order valence-corrected chi connectivity index (χ1v) is 8.31. The lowest BCUT2D eigenvalue weighted by Crippen LogP contribution is -2.58. The fourth-order valence-electron chi connectivity index (χ4n) is 1.85. The minimum atomic E-state index is -2.32. The zero-order valence-electron chi connectivity index (χ0n) is 14.4. The number of carboxylic acids is 2. The molecule has 0 spiro atoms. The summed E-state index contributed by atoms with van der Waals surface area (Å²) in [5.74, 6) is -5.20. The van der Waals surface area contributed by atoms with Crippen LogP contribution in [0, 0.1) is 0 Å². The van der Waals surface area contributed by atoms with E-state index >= 15 is 0 Å². The van der Waals surface area contributed by atoms with Crippen molar-refractivity contribution < 1.29 is 34.0 Å². The van der Waals surface area contributed by atoms with E-state index in [1.807, 2.05) is 20.8 Å². The van der Waals surface area contributed by atoms with Crippen LogP contribution >= 0.6 is 0 Å². The third-order valence-electron chi connectivity index (χ3n) is 3.28. The number of carboxylic acid groups (broad SMARTS) is 2. The van der Waals surface area contributed by atoms with Gasteiger partial charge in [0, 0.05) is 6.61 Å². The fraction of sp³-hybridized carbons (Fsp3) is 0.875. The van der Waals surface area contributed by atoms with E-state index in [0.717, 1.165) is 19.3 Å². The Kier molecular flexibility index (Phi) is 11.6. The first kappa shape index (κ1) is 21.8. The van der Waals surface area contributed by atoms with Crippen molar-refractivity contribution in [2.24, 2.45) is 0 Å². The second-order valence-electron chi connectivity index (χ2n) is 5.32. The molecule has 23 heavy (non-hydrogen) atoms. The van der Waals surface area contributed by atoms with Crippen molar-refractivity contribution in [2.45, 2.75) is 71.2 Å². The topological polar surface area (TPSA) is 102 Å². The quantitative estimate of drug-likeness (QED) is 0.350. The first-order valence-electron chi connectivity index (χ1n) is 8.31. The Hall–Kier alpha value is -1.18. The summed E-state index contributed by atoms with van der Waals surface area (Å²) in [5, 5.41) is 19.0. The van der Waals surface area contributed by atoms with Crippen LogP contribution in [0.5, 0.6) is 0 Å². The van der Waals surface area contributed by atoms with E-state index < -0.39 is 23.8 Å². The van der Waals surface area contributed by atoms with Gasteiger partial charge in [-0.1, -0.05) is 40.0 Å². The predicted molar refractivity (Wildman–Crippen MR) is 84.4 cm³/mol. The van der Waals surface area contributed by atoms with E-state index in [9.17, 15) is 19.8 Å². The Morgan fingerprint density at radius 1 is 0.870 bits per heavy atom. The van der Waals surface area contributed by atoms with Crippen molar-refractivity contribution in [3.63, 3.8) is 0 Å². The fourth-order valence-corrected chi connectivity index (χ4v) is 1.85. The van der Waals surface area contributed by atoms with Gasteiger partial charge in [-0.05, 0) is 19.3 Å². The normalized spacial score (nSPS) is 13.0. The number of aliphatic carboxylic acids is 2. The molecule has 0 aromatic carbocycles. The standard InChI is InChI=1S/C16H30O7/c1-4-7-10-21-13(14(17)18)16(15(19)20,22-11-8-5-2)23-12-9-6-3/h13H,4-12H2,1-3H3,(H,17,18)(H,19,20). The van der Waals surface area contributed by atoms with Gasteiger partial charge in [0.1, 0.15) is 0 Å². The molecule has 2 N–H and O–H groups in total. The molecule has 0 saturated carbocycles. The summed E-state index contributed by atoms with van der Waals surface area (Å²) in [5.41, 5.74) is 0. The lowest BCUT2D eigenvalue weighted by molar-refractivity contribution is -0.285. The van der Waals surface area contributed by atoms with Gasteiger partial charge in [-0.3, -0.25) is 0 Å². The van der Waals surface area contributed by atoms with Gasteiger partial charge in [-0.2, -0.15) is 0 Å². The third kappa shape index (κ3) is 7.28. The van der Waals surface area contributed by atoms with Gasteiger partial charge in [-0.25, -0.2) is 9.59 Å². The van der Waals surface area contributed by atoms with Gasteiger partial charge in [0.25, 0.3) is 0 Å². The van der Waals surface area contributed by atoms with Crippen molar-refractivity contribution in [3.05, 3.63) is 0 Å². The Morgan fingerprint density at radius 3 is 1.65 bits per heavy atom. The molecular weight excluding hydrogens is 304 g/mol. The molecule has 0 saturated heterocycles. The molecule has 0 heterocycles. The lowest BCUT2D eigenvalue weighted by atomic mass is 10.1.